The van der Waals surface area contributed by atoms with E-state index in [0.717, 1.165) is 12.0 Å². The summed E-state index contributed by atoms with van der Waals surface area (Å²) >= 11 is 0. The summed E-state index contributed by atoms with van der Waals surface area (Å²) in [4.78, 5) is 0. The van der Waals surface area contributed by atoms with Crippen molar-refractivity contribution in [2.45, 2.75) is 45.5 Å². The highest BCUT2D eigenvalue weighted by Gasteiger charge is 2.37. The maximum atomic E-state index is 9.87. The first-order valence-electron chi connectivity index (χ1n) is 4.95. The van der Waals surface area contributed by atoms with Crippen LogP contribution < -0.4 is 0 Å². The maximum Gasteiger partial charge on any atom is 0.0988 e. The first kappa shape index (κ1) is 11.7. The van der Waals surface area contributed by atoms with Gasteiger partial charge in [-0.1, -0.05) is 19.9 Å². The molecule has 0 saturated heterocycles. The summed E-state index contributed by atoms with van der Waals surface area (Å²) in [6.07, 6.45) is 0.900. The number of methoxy groups -OCH3 is 1. The lowest BCUT2D eigenvalue weighted by atomic mass is 9.80. The fourth-order valence-corrected chi connectivity index (χ4v) is 1.96. The van der Waals surface area contributed by atoms with E-state index < -0.39 is 12.2 Å². The highest BCUT2D eigenvalue weighted by molar-refractivity contribution is 5.14. The van der Waals surface area contributed by atoms with Gasteiger partial charge in [0.15, 0.2) is 0 Å². The van der Waals surface area contributed by atoms with Gasteiger partial charge in [0, 0.05) is 7.11 Å². The zero-order valence-electron chi connectivity index (χ0n) is 9.32. The van der Waals surface area contributed by atoms with E-state index in [1.165, 1.54) is 0 Å². The summed E-state index contributed by atoms with van der Waals surface area (Å²) in [6, 6.07) is 0. The summed E-state index contributed by atoms with van der Waals surface area (Å²) in [5.74, 6) is 0. The van der Waals surface area contributed by atoms with Crippen molar-refractivity contribution in [2.24, 2.45) is 5.41 Å². The molecule has 0 bridgehead atoms. The second-order valence-electron chi connectivity index (χ2n) is 4.76. The Morgan fingerprint density at radius 3 is 2.50 bits per heavy atom. The van der Waals surface area contributed by atoms with Crippen molar-refractivity contribution in [1.82, 2.24) is 0 Å². The van der Waals surface area contributed by atoms with Crippen molar-refractivity contribution >= 4 is 0 Å². The molecule has 1 rings (SSSR count). The highest BCUT2D eigenvalue weighted by Crippen LogP contribution is 2.35. The van der Waals surface area contributed by atoms with Crippen LogP contribution in [0, 0.1) is 5.41 Å². The zero-order chi connectivity index (χ0) is 10.9. The lowest BCUT2D eigenvalue weighted by Gasteiger charge is -2.32. The van der Waals surface area contributed by atoms with Crippen molar-refractivity contribution in [2.75, 3.05) is 7.11 Å². The molecule has 0 fully saturated rings. The SMILES string of the molecule is COC1CC(C)(C)C(O)C(O)C=C1C. The Kier molecular flexibility index (Phi) is 3.35. The Morgan fingerprint density at radius 2 is 2.00 bits per heavy atom. The molecule has 0 aliphatic heterocycles. The molecule has 0 aromatic carbocycles. The number of aliphatic hydroxyl groups excluding tert-OH is 2. The van der Waals surface area contributed by atoms with Crippen LogP contribution in [-0.4, -0.2) is 35.6 Å². The molecule has 3 unspecified atom stereocenters. The van der Waals surface area contributed by atoms with Crippen LogP contribution in [0.3, 0.4) is 0 Å². The average Bonchev–Trinajstić information content (AvgIpc) is 2.17. The van der Waals surface area contributed by atoms with Gasteiger partial charge in [-0.15, -0.1) is 0 Å². The summed E-state index contributed by atoms with van der Waals surface area (Å²) in [5, 5.41) is 19.6. The van der Waals surface area contributed by atoms with Gasteiger partial charge >= 0.3 is 0 Å². The van der Waals surface area contributed by atoms with E-state index in [2.05, 4.69) is 0 Å². The normalized spacial score (nSPS) is 37.6. The molecule has 1 aliphatic rings. The second-order valence-corrected chi connectivity index (χ2v) is 4.76. The lowest BCUT2D eigenvalue weighted by molar-refractivity contribution is -0.0432. The number of hydrogen-bond acceptors (Lipinski definition) is 3. The van der Waals surface area contributed by atoms with Gasteiger partial charge < -0.3 is 14.9 Å². The first-order valence-corrected chi connectivity index (χ1v) is 4.95. The molecule has 0 radical (unpaired) electrons. The number of hydrogen-bond donors (Lipinski definition) is 2. The molecule has 3 nitrogen and oxygen atoms in total. The molecular formula is C11H20O3. The predicted molar refractivity (Wildman–Crippen MR) is 55.0 cm³/mol. The number of ether oxygens (including phenoxy) is 1. The summed E-state index contributed by atoms with van der Waals surface area (Å²) < 4.78 is 5.33. The van der Waals surface area contributed by atoms with Crippen LogP contribution in [0.4, 0.5) is 0 Å². The van der Waals surface area contributed by atoms with Crippen LogP contribution in [-0.2, 0) is 4.74 Å². The van der Waals surface area contributed by atoms with Gasteiger partial charge in [-0.05, 0) is 24.3 Å². The molecule has 1 aliphatic carbocycles. The quantitative estimate of drug-likeness (QED) is 0.623. The fraction of sp³-hybridized carbons (Fsp3) is 0.818. The second kappa shape index (κ2) is 4.01. The highest BCUT2D eigenvalue weighted by atomic mass is 16.5. The Labute approximate surface area is 85.4 Å². The zero-order valence-corrected chi connectivity index (χ0v) is 9.32. The van der Waals surface area contributed by atoms with Crippen molar-refractivity contribution in [1.29, 1.82) is 0 Å². The van der Waals surface area contributed by atoms with Gasteiger partial charge in [-0.2, -0.15) is 0 Å². The minimum Gasteiger partial charge on any atom is -0.390 e. The molecule has 0 aromatic heterocycles. The maximum absolute atomic E-state index is 9.87. The molecule has 2 N–H and O–H groups in total. The summed E-state index contributed by atoms with van der Waals surface area (Å²) in [6.45, 7) is 5.81. The minimum atomic E-state index is -0.787. The third-order valence-corrected chi connectivity index (χ3v) is 3.06. The average molecular weight is 200 g/mol. The van der Waals surface area contributed by atoms with E-state index in [1.54, 1.807) is 13.2 Å². The molecular weight excluding hydrogens is 180 g/mol. The van der Waals surface area contributed by atoms with Crippen LogP contribution in [0.5, 0.6) is 0 Å². The molecule has 3 heteroatoms. The van der Waals surface area contributed by atoms with Crippen molar-refractivity contribution in [3.8, 4) is 0 Å². The Balaban J connectivity index is 2.95. The smallest absolute Gasteiger partial charge is 0.0988 e. The van der Waals surface area contributed by atoms with E-state index >= 15 is 0 Å². The number of rotatable bonds is 1. The van der Waals surface area contributed by atoms with Crippen LogP contribution in [0.25, 0.3) is 0 Å². The van der Waals surface area contributed by atoms with Crippen LogP contribution >= 0.6 is 0 Å². The predicted octanol–water partition coefficient (Wildman–Crippen LogP) is 1.10. The van der Waals surface area contributed by atoms with Gasteiger partial charge in [0.2, 0.25) is 0 Å². The molecule has 0 spiro atoms. The largest absolute Gasteiger partial charge is 0.390 e. The van der Waals surface area contributed by atoms with Crippen LogP contribution in [0.15, 0.2) is 11.6 Å². The molecule has 0 saturated carbocycles. The van der Waals surface area contributed by atoms with Crippen molar-refractivity contribution < 1.29 is 14.9 Å². The standard InChI is InChI=1S/C11H20O3/c1-7-5-8(12)10(13)11(2,3)6-9(7)14-4/h5,8-10,12-13H,6H2,1-4H3. The summed E-state index contributed by atoms with van der Waals surface area (Å²) in [5.41, 5.74) is 0.665. The molecule has 0 aromatic rings. The van der Waals surface area contributed by atoms with Gasteiger partial charge in [-0.25, -0.2) is 0 Å². The van der Waals surface area contributed by atoms with Crippen molar-refractivity contribution in [3.05, 3.63) is 11.6 Å². The van der Waals surface area contributed by atoms with E-state index in [1.807, 2.05) is 20.8 Å². The van der Waals surface area contributed by atoms with Crippen LogP contribution in [0.1, 0.15) is 27.2 Å². The molecule has 82 valence electrons. The fourth-order valence-electron chi connectivity index (χ4n) is 1.96. The first-order chi connectivity index (χ1) is 6.38. The monoisotopic (exact) mass is 200 g/mol. The Hall–Kier alpha value is -0.380. The molecule has 14 heavy (non-hydrogen) atoms. The summed E-state index contributed by atoms with van der Waals surface area (Å²) in [7, 11) is 1.65. The van der Waals surface area contributed by atoms with Gasteiger partial charge in [0.05, 0.1) is 18.3 Å². The third kappa shape index (κ3) is 2.16. The molecule has 3 atom stereocenters. The van der Waals surface area contributed by atoms with Crippen molar-refractivity contribution in [3.63, 3.8) is 0 Å². The molecule has 0 heterocycles. The van der Waals surface area contributed by atoms with Gasteiger partial charge in [-0.3, -0.25) is 0 Å². The van der Waals surface area contributed by atoms with E-state index in [-0.39, 0.29) is 11.5 Å². The van der Waals surface area contributed by atoms with Crippen LogP contribution in [0.2, 0.25) is 0 Å². The molecule has 0 amide bonds. The van der Waals surface area contributed by atoms with E-state index in [9.17, 15) is 10.2 Å². The topological polar surface area (TPSA) is 49.7 Å². The van der Waals surface area contributed by atoms with Gasteiger partial charge in [0.25, 0.3) is 0 Å². The number of aliphatic hydroxyl groups is 2. The third-order valence-electron chi connectivity index (χ3n) is 3.06. The Bertz CT molecular complexity index is 233. The van der Waals surface area contributed by atoms with Gasteiger partial charge in [0.1, 0.15) is 0 Å². The van der Waals surface area contributed by atoms with E-state index in [4.69, 9.17) is 4.74 Å². The lowest BCUT2D eigenvalue weighted by Crippen LogP contribution is -2.38. The van der Waals surface area contributed by atoms with E-state index in [0.29, 0.717) is 0 Å². The minimum absolute atomic E-state index is 0.00296. The Morgan fingerprint density at radius 1 is 1.43 bits per heavy atom.